The van der Waals surface area contributed by atoms with Gasteiger partial charge in [0.15, 0.2) is 11.8 Å². The molecule has 0 aliphatic carbocycles. The zero-order chi connectivity index (χ0) is 16.1. The molecule has 22 heavy (non-hydrogen) atoms. The predicted octanol–water partition coefficient (Wildman–Crippen LogP) is 0.229. The molecule has 1 heterocycles. The topological polar surface area (TPSA) is 125 Å². The maximum absolute atomic E-state index is 12.0. The Morgan fingerprint density at radius 3 is 2.59 bits per heavy atom. The number of esters is 1. The van der Waals surface area contributed by atoms with E-state index < -0.39 is 24.1 Å². The van der Waals surface area contributed by atoms with E-state index in [4.69, 9.17) is 0 Å². The number of hydrogen-bond donors (Lipinski definition) is 4. The van der Waals surface area contributed by atoms with Gasteiger partial charge < -0.3 is 20.3 Å². The highest BCUT2D eigenvalue weighted by Gasteiger charge is 2.27. The number of nitrogens with zero attached hydrogens (tertiary/aromatic N) is 1. The van der Waals surface area contributed by atoms with Crippen molar-refractivity contribution in [2.24, 2.45) is 0 Å². The number of aromatic nitrogens is 2. The van der Waals surface area contributed by atoms with Crippen molar-refractivity contribution in [1.82, 2.24) is 10.2 Å². The molecule has 2 atom stereocenters. The van der Waals surface area contributed by atoms with Crippen LogP contribution in [0.25, 0.3) is 0 Å². The molecular formula is C14H15N3O5. The Hall–Kier alpha value is -2.71. The largest absolute Gasteiger partial charge is 0.464 e. The molecule has 1 amide bonds. The summed E-state index contributed by atoms with van der Waals surface area (Å²) in [4.78, 5) is 23.4. The molecule has 0 aliphatic rings. The van der Waals surface area contributed by atoms with Crippen molar-refractivity contribution in [3.63, 3.8) is 0 Å². The number of carbonyl (C=O) groups is 2. The molecule has 0 saturated carbocycles. The number of aliphatic hydroxyl groups is 2. The molecular weight excluding hydrogens is 290 g/mol. The fraction of sp³-hybridized carbons (Fsp3) is 0.214. The number of anilines is 1. The fourth-order valence-electron chi connectivity index (χ4n) is 1.82. The number of aromatic amines is 1. The minimum absolute atomic E-state index is 0.0520. The van der Waals surface area contributed by atoms with Gasteiger partial charge in [-0.25, -0.2) is 4.79 Å². The molecule has 2 rings (SSSR count). The van der Waals surface area contributed by atoms with E-state index in [1.165, 1.54) is 13.3 Å². The minimum atomic E-state index is -1.71. The summed E-state index contributed by atoms with van der Waals surface area (Å²) >= 11 is 0. The number of benzene rings is 1. The van der Waals surface area contributed by atoms with Crippen LogP contribution in [0.1, 0.15) is 22.2 Å². The van der Waals surface area contributed by atoms with Gasteiger partial charge in [0.05, 0.1) is 19.0 Å². The van der Waals surface area contributed by atoms with E-state index in [1.807, 2.05) is 0 Å². The first kappa shape index (κ1) is 15.7. The van der Waals surface area contributed by atoms with Crippen molar-refractivity contribution in [1.29, 1.82) is 0 Å². The molecule has 0 bridgehead atoms. The van der Waals surface area contributed by atoms with Crippen LogP contribution in [0, 0.1) is 0 Å². The highest BCUT2D eigenvalue weighted by atomic mass is 16.5. The average Bonchev–Trinajstić information content (AvgIpc) is 3.01. The van der Waals surface area contributed by atoms with E-state index in [2.05, 4.69) is 20.3 Å². The first-order valence-electron chi connectivity index (χ1n) is 6.38. The molecule has 0 saturated heterocycles. The molecule has 4 N–H and O–H groups in total. The van der Waals surface area contributed by atoms with Crippen molar-refractivity contribution < 1.29 is 24.5 Å². The van der Waals surface area contributed by atoms with Crippen molar-refractivity contribution in [3.05, 3.63) is 47.8 Å². The molecule has 8 nitrogen and oxygen atoms in total. The molecule has 2 unspecified atom stereocenters. The maximum Gasteiger partial charge on any atom is 0.358 e. The zero-order valence-electron chi connectivity index (χ0n) is 11.7. The van der Waals surface area contributed by atoms with Crippen molar-refractivity contribution in [3.8, 4) is 0 Å². The van der Waals surface area contributed by atoms with Gasteiger partial charge in [0.2, 0.25) is 0 Å². The van der Waals surface area contributed by atoms with Gasteiger partial charge in [0.1, 0.15) is 6.10 Å². The van der Waals surface area contributed by atoms with E-state index in [-0.39, 0.29) is 11.4 Å². The van der Waals surface area contributed by atoms with Crippen LogP contribution in [0.5, 0.6) is 0 Å². The lowest BCUT2D eigenvalue weighted by Crippen LogP contribution is -2.33. The van der Waals surface area contributed by atoms with E-state index in [0.29, 0.717) is 5.56 Å². The van der Waals surface area contributed by atoms with Gasteiger partial charge in [-0.3, -0.25) is 9.89 Å². The van der Waals surface area contributed by atoms with Crippen LogP contribution in [-0.2, 0) is 9.53 Å². The van der Waals surface area contributed by atoms with E-state index in [1.54, 1.807) is 30.3 Å². The molecule has 1 aromatic heterocycles. The highest BCUT2D eigenvalue weighted by molar-refractivity contribution is 6.01. The average molecular weight is 305 g/mol. The van der Waals surface area contributed by atoms with Gasteiger partial charge in [0.25, 0.3) is 5.91 Å². The summed E-state index contributed by atoms with van der Waals surface area (Å²) in [5.41, 5.74) is 0.388. The number of H-pyrrole nitrogens is 1. The number of ether oxygens (including phenoxy) is 1. The second-order valence-electron chi connectivity index (χ2n) is 4.44. The van der Waals surface area contributed by atoms with Gasteiger partial charge in [-0.05, 0) is 5.56 Å². The normalized spacial score (nSPS) is 13.2. The molecule has 1 aromatic carbocycles. The third-order valence-electron chi connectivity index (χ3n) is 3.00. The summed E-state index contributed by atoms with van der Waals surface area (Å²) in [7, 11) is 1.18. The number of nitrogens with one attached hydrogen (secondary N) is 2. The van der Waals surface area contributed by atoms with Gasteiger partial charge in [-0.15, -0.1) is 0 Å². The third kappa shape index (κ3) is 3.30. The predicted molar refractivity (Wildman–Crippen MR) is 76.0 cm³/mol. The summed E-state index contributed by atoms with van der Waals surface area (Å²) < 4.78 is 4.52. The quantitative estimate of drug-likeness (QED) is 0.586. The maximum atomic E-state index is 12.0. The second kappa shape index (κ2) is 6.83. The number of carbonyl (C=O) groups excluding carboxylic acids is 2. The summed E-state index contributed by atoms with van der Waals surface area (Å²) in [6.45, 7) is 0. The Morgan fingerprint density at radius 1 is 1.27 bits per heavy atom. The van der Waals surface area contributed by atoms with E-state index in [9.17, 15) is 19.8 Å². The van der Waals surface area contributed by atoms with Crippen molar-refractivity contribution >= 4 is 17.6 Å². The van der Waals surface area contributed by atoms with Crippen LogP contribution in [0.3, 0.4) is 0 Å². The molecule has 0 radical (unpaired) electrons. The van der Waals surface area contributed by atoms with Gasteiger partial charge >= 0.3 is 5.97 Å². The lowest BCUT2D eigenvalue weighted by atomic mass is 10.0. The van der Waals surface area contributed by atoms with Crippen LogP contribution in [0.2, 0.25) is 0 Å². The lowest BCUT2D eigenvalue weighted by Gasteiger charge is -2.17. The number of amides is 1. The number of rotatable bonds is 5. The first-order valence-corrected chi connectivity index (χ1v) is 6.38. The molecule has 8 heteroatoms. The van der Waals surface area contributed by atoms with Crippen LogP contribution in [0.15, 0.2) is 36.5 Å². The molecule has 0 aliphatic heterocycles. The van der Waals surface area contributed by atoms with Crippen molar-refractivity contribution in [2.75, 3.05) is 12.4 Å². The van der Waals surface area contributed by atoms with E-state index in [0.717, 1.165) is 0 Å². The molecule has 2 aromatic rings. The molecule has 0 spiro atoms. The number of hydrogen-bond acceptors (Lipinski definition) is 6. The van der Waals surface area contributed by atoms with Crippen LogP contribution in [0.4, 0.5) is 5.69 Å². The Kier molecular flexibility index (Phi) is 4.87. The summed E-state index contributed by atoms with van der Waals surface area (Å²) in [6.07, 6.45) is -1.90. The Labute approximate surface area is 125 Å². The number of aliphatic hydroxyl groups excluding tert-OH is 2. The Morgan fingerprint density at radius 2 is 1.95 bits per heavy atom. The first-order chi connectivity index (χ1) is 10.5. The van der Waals surface area contributed by atoms with Gasteiger partial charge in [-0.2, -0.15) is 5.10 Å². The summed E-state index contributed by atoms with van der Waals surface area (Å²) in [5, 5.41) is 28.2. The summed E-state index contributed by atoms with van der Waals surface area (Å²) in [5.74, 6) is -1.59. The SMILES string of the molecule is COC(=O)c1[nH]ncc1NC(=O)C(O)C(O)c1ccccc1. The second-order valence-corrected chi connectivity index (χ2v) is 4.44. The minimum Gasteiger partial charge on any atom is -0.464 e. The van der Waals surface area contributed by atoms with Crippen LogP contribution < -0.4 is 5.32 Å². The fourth-order valence-corrected chi connectivity index (χ4v) is 1.82. The van der Waals surface area contributed by atoms with Crippen molar-refractivity contribution in [2.45, 2.75) is 12.2 Å². The Bertz CT molecular complexity index is 656. The molecule has 116 valence electrons. The van der Waals surface area contributed by atoms with Gasteiger partial charge in [-0.1, -0.05) is 30.3 Å². The van der Waals surface area contributed by atoms with Crippen LogP contribution in [-0.4, -0.2) is 45.5 Å². The third-order valence-corrected chi connectivity index (χ3v) is 3.00. The molecule has 0 fully saturated rings. The van der Waals surface area contributed by atoms with Gasteiger partial charge in [0, 0.05) is 0 Å². The monoisotopic (exact) mass is 305 g/mol. The smallest absolute Gasteiger partial charge is 0.358 e. The lowest BCUT2D eigenvalue weighted by molar-refractivity contribution is -0.129. The Balaban J connectivity index is 2.09. The number of methoxy groups -OCH3 is 1. The summed E-state index contributed by atoms with van der Waals surface area (Å²) in [6, 6.07) is 8.26. The van der Waals surface area contributed by atoms with Crippen LogP contribution >= 0.6 is 0 Å². The standard InChI is InChI=1S/C14H15N3O5/c1-22-14(21)10-9(7-15-17-10)16-13(20)12(19)11(18)8-5-3-2-4-6-8/h2-7,11-12,18-19H,1H3,(H,15,17)(H,16,20). The van der Waals surface area contributed by atoms with E-state index >= 15 is 0 Å². The zero-order valence-corrected chi connectivity index (χ0v) is 11.7. The highest BCUT2D eigenvalue weighted by Crippen LogP contribution is 2.19.